The summed E-state index contributed by atoms with van der Waals surface area (Å²) in [7, 11) is 0. The number of rotatable bonds is 0. The van der Waals surface area contributed by atoms with E-state index in [9.17, 15) is 4.79 Å². The van der Waals surface area contributed by atoms with Crippen molar-refractivity contribution in [2.75, 3.05) is 0 Å². The molecule has 0 amide bonds. The fourth-order valence-corrected chi connectivity index (χ4v) is 3.52. The number of carbonyl (C=O) groups excluding carboxylic acids is 1. The van der Waals surface area contributed by atoms with Crippen molar-refractivity contribution in [1.29, 1.82) is 0 Å². The quantitative estimate of drug-likeness (QED) is 0.575. The fraction of sp³-hybridized carbons (Fsp3) is 0.769. The van der Waals surface area contributed by atoms with Gasteiger partial charge in [0.1, 0.15) is 0 Å². The van der Waals surface area contributed by atoms with Crippen molar-refractivity contribution in [3.63, 3.8) is 0 Å². The predicted molar refractivity (Wildman–Crippen MR) is 58.0 cm³/mol. The van der Waals surface area contributed by atoms with E-state index in [1.807, 2.05) is 6.92 Å². The molecule has 0 unspecified atom stereocenters. The van der Waals surface area contributed by atoms with Gasteiger partial charge in [-0.05, 0) is 43.6 Å². The van der Waals surface area contributed by atoms with Gasteiger partial charge < -0.3 is 0 Å². The molecule has 0 heterocycles. The van der Waals surface area contributed by atoms with Crippen LogP contribution in [0.2, 0.25) is 0 Å². The second kappa shape index (κ2) is 2.95. The first-order valence-corrected chi connectivity index (χ1v) is 5.67. The van der Waals surface area contributed by atoms with E-state index in [-0.39, 0.29) is 0 Å². The molecular formula is C13H20O. The second-order valence-corrected chi connectivity index (χ2v) is 5.64. The van der Waals surface area contributed by atoms with Crippen molar-refractivity contribution in [3.05, 3.63) is 11.1 Å². The van der Waals surface area contributed by atoms with E-state index in [1.54, 1.807) is 0 Å². The summed E-state index contributed by atoms with van der Waals surface area (Å²) in [5.74, 6) is 1.28. The van der Waals surface area contributed by atoms with Gasteiger partial charge in [0.25, 0.3) is 0 Å². The zero-order chi connectivity index (χ0) is 10.5. The van der Waals surface area contributed by atoms with Crippen LogP contribution in [0.5, 0.6) is 0 Å². The van der Waals surface area contributed by atoms with Crippen LogP contribution in [0.4, 0.5) is 0 Å². The smallest absolute Gasteiger partial charge is 0.162 e. The number of hydrogen-bond donors (Lipinski definition) is 0. The standard InChI is InChI=1S/C13H20O/c1-8-9(2)12(14)10-6-5-7-13(3,4)11(8)10/h10-11H,5-7H2,1-4H3/t10-,11-/m0/s1. The second-order valence-electron chi connectivity index (χ2n) is 5.64. The molecule has 1 nitrogen and oxygen atoms in total. The molecule has 2 atom stereocenters. The number of ketones is 1. The molecule has 2 aliphatic carbocycles. The van der Waals surface area contributed by atoms with Crippen LogP contribution in [0.15, 0.2) is 11.1 Å². The largest absolute Gasteiger partial charge is 0.294 e. The topological polar surface area (TPSA) is 17.1 Å². The van der Waals surface area contributed by atoms with E-state index in [2.05, 4.69) is 20.8 Å². The van der Waals surface area contributed by atoms with Gasteiger partial charge in [0.05, 0.1) is 0 Å². The summed E-state index contributed by atoms with van der Waals surface area (Å²) >= 11 is 0. The Morgan fingerprint density at radius 1 is 1.29 bits per heavy atom. The molecule has 0 radical (unpaired) electrons. The average molecular weight is 192 g/mol. The van der Waals surface area contributed by atoms with Gasteiger partial charge in [-0.15, -0.1) is 0 Å². The molecule has 1 saturated carbocycles. The lowest BCUT2D eigenvalue weighted by molar-refractivity contribution is -0.121. The van der Waals surface area contributed by atoms with Crippen LogP contribution in [0.25, 0.3) is 0 Å². The summed E-state index contributed by atoms with van der Waals surface area (Å²) in [5.41, 5.74) is 2.75. The summed E-state index contributed by atoms with van der Waals surface area (Å²) < 4.78 is 0. The van der Waals surface area contributed by atoms with Crippen molar-refractivity contribution in [3.8, 4) is 0 Å². The van der Waals surface area contributed by atoms with Gasteiger partial charge >= 0.3 is 0 Å². The SMILES string of the molecule is CC1=C(C)[C@H]2[C@H](CCCC2(C)C)C1=O. The van der Waals surface area contributed by atoms with Crippen molar-refractivity contribution >= 4 is 5.78 Å². The van der Waals surface area contributed by atoms with E-state index < -0.39 is 0 Å². The molecule has 14 heavy (non-hydrogen) atoms. The van der Waals surface area contributed by atoms with Gasteiger partial charge in [0.15, 0.2) is 5.78 Å². The molecule has 1 fully saturated rings. The Balaban J connectivity index is 2.41. The molecule has 0 N–H and O–H groups in total. The molecule has 0 aromatic heterocycles. The summed E-state index contributed by atoms with van der Waals surface area (Å²) in [6.07, 6.45) is 3.61. The van der Waals surface area contributed by atoms with E-state index in [1.165, 1.54) is 18.4 Å². The Labute approximate surface area is 86.6 Å². The maximum absolute atomic E-state index is 12.0. The van der Waals surface area contributed by atoms with Crippen molar-refractivity contribution in [2.45, 2.75) is 47.0 Å². The molecule has 0 saturated heterocycles. The highest BCUT2D eigenvalue weighted by atomic mass is 16.1. The molecule has 0 aromatic rings. The first kappa shape index (κ1) is 9.95. The van der Waals surface area contributed by atoms with Crippen molar-refractivity contribution in [1.82, 2.24) is 0 Å². The summed E-state index contributed by atoms with van der Waals surface area (Å²) in [6, 6.07) is 0. The average Bonchev–Trinajstić information content (AvgIpc) is 2.31. The highest BCUT2D eigenvalue weighted by Gasteiger charge is 2.47. The van der Waals surface area contributed by atoms with Crippen molar-refractivity contribution < 1.29 is 4.79 Å². The molecular weight excluding hydrogens is 172 g/mol. The monoisotopic (exact) mass is 192 g/mol. The Morgan fingerprint density at radius 2 is 1.93 bits per heavy atom. The third-order valence-electron chi connectivity index (χ3n) is 4.34. The lowest BCUT2D eigenvalue weighted by Crippen LogP contribution is -2.35. The molecule has 0 spiro atoms. The molecule has 78 valence electrons. The van der Waals surface area contributed by atoms with Crippen LogP contribution < -0.4 is 0 Å². The first-order valence-electron chi connectivity index (χ1n) is 5.67. The number of allylic oxidation sites excluding steroid dienone is 2. The lowest BCUT2D eigenvalue weighted by Gasteiger charge is -2.41. The Hall–Kier alpha value is -0.590. The third kappa shape index (κ3) is 1.18. The maximum Gasteiger partial charge on any atom is 0.162 e. The molecule has 0 aliphatic heterocycles. The van der Waals surface area contributed by atoms with Gasteiger partial charge in [0.2, 0.25) is 0 Å². The van der Waals surface area contributed by atoms with Crippen LogP contribution in [-0.4, -0.2) is 5.78 Å². The molecule has 0 bridgehead atoms. The Morgan fingerprint density at radius 3 is 2.50 bits per heavy atom. The summed E-state index contributed by atoms with van der Waals surface area (Å²) in [5, 5.41) is 0. The van der Waals surface area contributed by atoms with Crippen LogP contribution >= 0.6 is 0 Å². The van der Waals surface area contributed by atoms with Crippen LogP contribution in [-0.2, 0) is 4.79 Å². The van der Waals surface area contributed by atoms with E-state index >= 15 is 0 Å². The predicted octanol–water partition coefficient (Wildman–Crippen LogP) is 3.35. The van der Waals surface area contributed by atoms with Gasteiger partial charge in [-0.3, -0.25) is 4.79 Å². The minimum Gasteiger partial charge on any atom is -0.294 e. The molecule has 2 aliphatic rings. The van der Waals surface area contributed by atoms with Crippen LogP contribution in [0, 0.1) is 17.3 Å². The lowest BCUT2D eigenvalue weighted by atomic mass is 9.63. The number of carbonyl (C=O) groups is 1. The highest BCUT2D eigenvalue weighted by molar-refractivity contribution is 6.00. The Kier molecular flexibility index (Phi) is 2.09. The van der Waals surface area contributed by atoms with E-state index in [0.29, 0.717) is 23.0 Å². The first-order chi connectivity index (χ1) is 6.45. The number of hydrogen-bond acceptors (Lipinski definition) is 1. The zero-order valence-electron chi connectivity index (χ0n) is 9.68. The van der Waals surface area contributed by atoms with Crippen molar-refractivity contribution in [2.24, 2.45) is 17.3 Å². The maximum atomic E-state index is 12.0. The highest BCUT2D eigenvalue weighted by Crippen LogP contribution is 2.52. The fourth-order valence-electron chi connectivity index (χ4n) is 3.52. The molecule has 0 aromatic carbocycles. The Bertz CT molecular complexity index is 309. The summed E-state index contributed by atoms with van der Waals surface area (Å²) in [6.45, 7) is 8.80. The van der Waals surface area contributed by atoms with Gasteiger partial charge in [-0.1, -0.05) is 25.8 Å². The summed E-state index contributed by atoms with van der Waals surface area (Å²) in [4.78, 5) is 12.0. The zero-order valence-corrected chi connectivity index (χ0v) is 9.68. The van der Waals surface area contributed by atoms with Gasteiger partial charge in [0, 0.05) is 5.92 Å². The number of Topliss-reactive ketones (excluding diaryl/α,β-unsaturated/α-hetero) is 1. The minimum absolute atomic E-state index is 0.318. The van der Waals surface area contributed by atoms with Gasteiger partial charge in [-0.25, -0.2) is 0 Å². The molecule has 2 rings (SSSR count). The van der Waals surface area contributed by atoms with Crippen LogP contribution in [0.1, 0.15) is 47.0 Å². The van der Waals surface area contributed by atoms with Gasteiger partial charge in [-0.2, -0.15) is 0 Å². The molecule has 1 heteroatoms. The number of fused-ring (bicyclic) bond motifs is 1. The third-order valence-corrected chi connectivity index (χ3v) is 4.34. The van der Waals surface area contributed by atoms with E-state index in [4.69, 9.17) is 0 Å². The normalized spacial score (nSPS) is 36.1. The van der Waals surface area contributed by atoms with Crippen LogP contribution in [0.3, 0.4) is 0 Å². The van der Waals surface area contributed by atoms with E-state index in [0.717, 1.165) is 12.0 Å². The minimum atomic E-state index is 0.318.